The number of nitrogens with two attached hydrogens (primary N) is 1. The lowest BCUT2D eigenvalue weighted by molar-refractivity contribution is -0.134. The Hall–Kier alpha value is -2.95. The van der Waals surface area contributed by atoms with E-state index in [1.165, 1.54) is 35.6 Å². The van der Waals surface area contributed by atoms with Crippen molar-refractivity contribution in [2.24, 2.45) is 12.8 Å². The molecular weight excluding hydrogens is 450 g/mol. The standard InChI is InChI=1S/C16H25N7O8S/c1-19(2)14(24)13-12-11(10-7-22(13)15(25)23(10)31-32(27,28)29)9(18-21(12)4)8-30-16(26)20(3)6-5-17/h10,13H,5-8,17H2,1-4H3,(H,27,28,29). The van der Waals surface area contributed by atoms with E-state index in [2.05, 4.69) is 9.38 Å². The Morgan fingerprint density at radius 3 is 2.53 bits per heavy atom. The van der Waals surface area contributed by atoms with E-state index in [0.717, 1.165) is 4.90 Å². The SMILES string of the molecule is CN(C)C(=O)C1c2c(c(COC(=O)N(C)CCN)nn2C)C2CN1C(=O)N2OS(=O)(=O)O. The number of aromatic nitrogens is 2. The fourth-order valence-electron chi connectivity index (χ4n) is 3.78. The normalized spacial score (nSPS) is 19.8. The average molecular weight is 475 g/mol. The summed E-state index contributed by atoms with van der Waals surface area (Å²) in [5, 5.41) is 4.81. The number of nitrogens with zero attached hydrogens (tertiary/aromatic N) is 6. The lowest BCUT2D eigenvalue weighted by Gasteiger charge is -2.32. The van der Waals surface area contributed by atoms with Crippen molar-refractivity contribution in [3.63, 3.8) is 0 Å². The quantitative estimate of drug-likeness (QED) is 0.445. The highest BCUT2D eigenvalue weighted by atomic mass is 32.3. The van der Waals surface area contributed by atoms with E-state index in [1.54, 1.807) is 7.05 Å². The number of aryl methyl sites for hydroxylation is 1. The number of ether oxygens (including phenoxy) is 1. The van der Waals surface area contributed by atoms with Crippen molar-refractivity contribution < 1.29 is 36.4 Å². The molecule has 16 heteroatoms. The van der Waals surface area contributed by atoms with Crippen LogP contribution in [0, 0.1) is 0 Å². The molecule has 0 radical (unpaired) electrons. The number of urea groups is 1. The summed E-state index contributed by atoms with van der Waals surface area (Å²) in [7, 11) is 1.03. The predicted molar refractivity (Wildman–Crippen MR) is 106 cm³/mol. The van der Waals surface area contributed by atoms with Gasteiger partial charge in [-0.1, -0.05) is 0 Å². The molecule has 3 rings (SSSR count). The highest BCUT2D eigenvalue weighted by Crippen LogP contribution is 2.46. The molecule has 3 N–H and O–H groups in total. The van der Waals surface area contributed by atoms with Crippen LogP contribution in [0.15, 0.2) is 0 Å². The third-order valence-electron chi connectivity index (χ3n) is 5.15. The van der Waals surface area contributed by atoms with Crippen LogP contribution in [0.3, 0.4) is 0 Å². The molecule has 1 aromatic heterocycles. The Balaban J connectivity index is 2.04. The van der Waals surface area contributed by atoms with Crippen molar-refractivity contribution in [3.05, 3.63) is 17.0 Å². The number of hydrogen-bond acceptors (Lipinski definition) is 9. The molecule has 2 aliphatic heterocycles. The molecule has 0 aromatic carbocycles. The second-order valence-electron chi connectivity index (χ2n) is 7.55. The van der Waals surface area contributed by atoms with Gasteiger partial charge in [0.2, 0.25) is 0 Å². The van der Waals surface area contributed by atoms with Crippen molar-refractivity contribution in [2.45, 2.75) is 18.7 Å². The van der Waals surface area contributed by atoms with Crippen LogP contribution in [0.2, 0.25) is 0 Å². The van der Waals surface area contributed by atoms with Crippen LogP contribution < -0.4 is 5.73 Å². The predicted octanol–water partition coefficient (Wildman–Crippen LogP) is -1.40. The maximum absolute atomic E-state index is 12.9. The summed E-state index contributed by atoms with van der Waals surface area (Å²) in [6.07, 6.45) is -0.665. The molecule has 2 bridgehead atoms. The topological polar surface area (TPSA) is 181 Å². The largest absolute Gasteiger partial charge is 0.443 e. The molecule has 0 saturated carbocycles. The van der Waals surface area contributed by atoms with Crippen LogP contribution in [0.1, 0.15) is 29.0 Å². The number of hydroxylamine groups is 2. The van der Waals surface area contributed by atoms with Crippen molar-refractivity contribution in [1.29, 1.82) is 0 Å². The Kier molecular flexibility index (Phi) is 6.32. The van der Waals surface area contributed by atoms with Gasteiger partial charge in [0, 0.05) is 46.8 Å². The minimum atomic E-state index is -5.03. The molecule has 1 saturated heterocycles. The van der Waals surface area contributed by atoms with E-state index in [0.29, 0.717) is 16.3 Å². The van der Waals surface area contributed by atoms with E-state index >= 15 is 0 Å². The van der Waals surface area contributed by atoms with Gasteiger partial charge in [-0.15, -0.1) is 4.28 Å². The molecule has 2 atom stereocenters. The zero-order valence-corrected chi connectivity index (χ0v) is 18.8. The van der Waals surface area contributed by atoms with Gasteiger partial charge in [-0.2, -0.15) is 18.6 Å². The summed E-state index contributed by atoms with van der Waals surface area (Å²) in [5.41, 5.74) is 6.25. The molecular formula is C16H25N7O8S. The average Bonchev–Trinajstić information content (AvgIpc) is 3.16. The summed E-state index contributed by atoms with van der Waals surface area (Å²) in [6.45, 7) is 0.0804. The number of hydrogen-bond donors (Lipinski definition) is 2. The molecule has 2 aliphatic rings. The van der Waals surface area contributed by atoms with Crippen LogP contribution in [-0.2, 0) is 37.9 Å². The summed E-state index contributed by atoms with van der Waals surface area (Å²) >= 11 is 0. The second kappa shape index (κ2) is 8.53. The first-order chi connectivity index (χ1) is 14.9. The molecule has 0 spiro atoms. The van der Waals surface area contributed by atoms with Gasteiger partial charge in [0.25, 0.3) is 5.91 Å². The first-order valence-corrected chi connectivity index (χ1v) is 10.9. The molecule has 32 heavy (non-hydrogen) atoms. The van der Waals surface area contributed by atoms with Crippen molar-refractivity contribution in [1.82, 2.24) is 29.5 Å². The van der Waals surface area contributed by atoms with Crippen molar-refractivity contribution >= 4 is 28.4 Å². The zero-order valence-electron chi connectivity index (χ0n) is 18.0. The Morgan fingerprint density at radius 1 is 1.31 bits per heavy atom. The second-order valence-corrected chi connectivity index (χ2v) is 8.55. The molecule has 178 valence electrons. The Bertz CT molecular complexity index is 1040. The number of carbonyl (C=O) groups excluding carboxylic acids is 3. The summed E-state index contributed by atoms with van der Waals surface area (Å²) < 4.78 is 43.0. The third kappa shape index (κ3) is 4.21. The van der Waals surface area contributed by atoms with Crippen LogP contribution in [0.5, 0.6) is 0 Å². The van der Waals surface area contributed by atoms with E-state index in [-0.39, 0.29) is 31.9 Å². The lowest BCUT2D eigenvalue weighted by atomic mass is 9.94. The third-order valence-corrected chi connectivity index (χ3v) is 5.50. The van der Waals surface area contributed by atoms with Crippen molar-refractivity contribution in [2.75, 3.05) is 40.8 Å². The van der Waals surface area contributed by atoms with Gasteiger partial charge < -0.3 is 25.2 Å². The van der Waals surface area contributed by atoms with Gasteiger partial charge in [0.15, 0.2) is 6.04 Å². The Morgan fingerprint density at radius 2 is 1.97 bits per heavy atom. The van der Waals surface area contributed by atoms with E-state index in [9.17, 15) is 22.8 Å². The fraction of sp³-hybridized carbons (Fsp3) is 0.625. The molecule has 0 aliphatic carbocycles. The fourth-order valence-corrected chi connectivity index (χ4v) is 4.15. The molecule has 1 fully saturated rings. The maximum Gasteiger partial charge on any atom is 0.418 e. The van der Waals surface area contributed by atoms with Gasteiger partial charge in [0.05, 0.1) is 12.2 Å². The number of fused-ring (bicyclic) bond motifs is 4. The van der Waals surface area contributed by atoms with E-state index in [4.69, 9.17) is 15.0 Å². The van der Waals surface area contributed by atoms with Gasteiger partial charge in [-0.05, 0) is 0 Å². The van der Waals surface area contributed by atoms with Gasteiger partial charge in [-0.3, -0.25) is 14.0 Å². The van der Waals surface area contributed by atoms with Crippen LogP contribution >= 0.6 is 0 Å². The molecule has 3 heterocycles. The highest BCUT2D eigenvalue weighted by molar-refractivity contribution is 7.80. The zero-order chi connectivity index (χ0) is 24.0. The molecule has 4 amide bonds. The molecule has 2 unspecified atom stereocenters. The summed E-state index contributed by atoms with van der Waals surface area (Å²) in [5.74, 6) is -0.457. The number of likely N-dealkylation sites (N-methyl/N-ethyl adjacent to an activating group) is 2. The number of carbonyl (C=O) groups is 3. The first kappa shape index (κ1) is 23.7. The molecule has 1 aromatic rings. The number of rotatable bonds is 7. The first-order valence-electron chi connectivity index (χ1n) is 9.49. The van der Waals surface area contributed by atoms with Crippen LogP contribution in [-0.4, -0.2) is 101 Å². The summed E-state index contributed by atoms with van der Waals surface area (Å²) in [6, 6.07) is -3.06. The monoisotopic (exact) mass is 475 g/mol. The van der Waals surface area contributed by atoms with E-state index < -0.39 is 40.5 Å². The minimum Gasteiger partial charge on any atom is -0.443 e. The van der Waals surface area contributed by atoms with Crippen molar-refractivity contribution in [3.8, 4) is 0 Å². The smallest absolute Gasteiger partial charge is 0.418 e. The van der Waals surface area contributed by atoms with Gasteiger partial charge >= 0.3 is 22.5 Å². The summed E-state index contributed by atoms with van der Waals surface area (Å²) in [4.78, 5) is 41.6. The highest BCUT2D eigenvalue weighted by Gasteiger charge is 2.55. The number of amides is 4. The lowest BCUT2D eigenvalue weighted by Crippen LogP contribution is -2.44. The molecule has 15 nitrogen and oxygen atoms in total. The van der Waals surface area contributed by atoms with Crippen LogP contribution in [0.4, 0.5) is 9.59 Å². The van der Waals surface area contributed by atoms with Crippen LogP contribution in [0.25, 0.3) is 0 Å². The van der Waals surface area contributed by atoms with E-state index in [1.807, 2.05) is 0 Å². The maximum atomic E-state index is 12.9. The van der Waals surface area contributed by atoms with Gasteiger partial charge in [-0.25, -0.2) is 9.59 Å². The van der Waals surface area contributed by atoms with Gasteiger partial charge in [0.1, 0.15) is 18.3 Å². The minimum absolute atomic E-state index is 0.106. The Labute approximate surface area is 184 Å².